The molecule has 0 amide bonds. The van der Waals surface area contributed by atoms with Crippen molar-refractivity contribution in [1.29, 1.82) is 5.26 Å². The van der Waals surface area contributed by atoms with E-state index in [2.05, 4.69) is 10.3 Å². The molecule has 1 aliphatic rings. The van der Waals surface area contributed by atoms with Crippen molar-refractivity contribution in [2.24, 2.45) is 4.99 Å². The first-order valence-corrected chi connectivity index (χ1v) is 8.48. The highest BCUT2D eigenvalue weighted by molar-refractivity contribution is 7.90. The molecule has 7 heteroatoms. The van der Waals surface area contributed by atoms with E-state index < -0.39 is 15.4 Å². The number of fused-ring (bicyclic) bond motifs is 1. The molecule has 1 aromatic rings. The third kappa shape index (κ3) is 3.46. The highest BCUT2D eigenvalue weighted by atomic mass is 32.2. The van der Waals surface area contributed by atoms with Gasteiger partial charge in [0.1, 0.15) is 17.2 Å². The van der Waals surface area contributed by atoms with Gasteiger partial charge in [-0.2, -0.15) is 10.3 Å². The second kappa shape index (κ2) is 5.46. The van der Waals surface area contributed by atoms with Gasteiger partial charge in [0, 0.05) is 11.8 Å². The fourth-order valence-electron chi connectivity index (χ4n) is 2.18. The van der Waals surface area contributed by atoms with Crippen molar-refractivity contribution in [3.05, 3.63) is 29.8 Å². The van der Waals surface area contributed by atoms with Crippen LogP contribution in [0.3, 0.4) is 0 Å². The van der Waals surface area contributed by atoms with E-state index in [1.54, 1.807) is 25.2 Å². The Morgan fingerprint density at radius 2 is 2.09 bits per heavy atom. The molecule has 116 valence electrons. The predicted octanol–water partition coefficient (Wildman–Crippen LogP) is 2.09. The maximum Gasteiger partial charge on any atom is 0.207 e. The third-order valence-corrected chi connectivity index (χ3v) is 4.18. The van der Waals surface area contributed by atoms with Crippen LogP contribution in [0.2, 0.25) is 0 Å². The zero-order chi connectivity index (χ0) is 16.5. The Balaban J connectivity index is 2.56. The summed E-state index contributed by atoms with van der Waals surface area (Å²) in [4.78, 5) is 3.83. The van der Waals surface area contributed by atoms with Crippen molar-refractivity contribution in [2.45, 2.75) is 31.3 Å². The number of benzene rings is 1. The van der Waals surface area contributed by atoms with E-state index in [1.807, 2.05) is 19.9 Å². The molecule has 0 spiro atoms. The molecule has 2 rings (SSSR count). The highest BCUT2D eigenvalue weighted by Crippen LogP contribution is 2.36. The molecule has 0 saturated carbocycles. The van der Waals surface area contributed by atoms with E-state index in [1.165, 1.54) is 6.07 Å². The van der Waals surface area contributed by atoms with Gasteiger partial charge in [-0.1, -0.05) is 0 Å². The van der Waals surface area contributed by atoms with Crippen molar-refractivity contribution in [3.63, 3.8) is 0 Å². The molecule has 6 nitrogen and oxygen atoms in total. The first-order chi connectivity index (χ1) is 10.1. The maximum absolute atomic E-state index is 11.7. The number of nitrogens with zero attached hydrogens (tertiary/aromatic N) is 2. The van der Waals surface area contributed by atoms with Gasteiger partial charge in [0.25, 0.3) is 0 Å². The van der Waals surface area contributed by atoms with Gasteiger partial charge >= 0.3 is 0 Å². The van der Waals surface area contributed by atoms with Gasteiger partial charge in [-0.3, -0.25) is 0 Å². The first-order valence-electron chi connectivity index (χ1n) is 6.59. The van der Waals surface area contributed by atoms with Crippen LogP contribution in [0.5, 0.6) is 5.75 Å². The van der Waals surface area contributed by atoms with E-state index in [0.717, 1.165) is 6.26 Å². The summed E-state index contributed by atoms with van der Waals surface area (Å²) in [5, 5.41) is 11.6. The molecule has 0 saturated heterocycles. The number of aliphatic imine (C=N–C) groups is 1. The second-order valence-corrected chi connectivity index (χ2v) is 7.63. The minimum absolute atomic E-state index is 0.206. The van der Waals surface area contributed by atoms with Crippen LogP contribution < -0.4 is 10.1 Å². The van der Waals surface area contributed by atoms with Gasteiger partial charge in [0.05, 0.1) is 10.6 Å². The molecular weight excluding hydrogens is 302 g/mol. The zero-order valence-corrected chi connectivity index (χ0v) is 13.7. The van der Waals surface area contributed by atoms with E-state index in [0.29, 0.717) is 22.8 Å². The van der Waals surface area contributed by atoms with Crippen molar-refractivity contribution in [1.82, 2.24) is 5.32 Å². The molecule has 22 heavy (non-hydrogen) atoms. The van der Waals surface area contributed by atoms with Gasteiger partial charge in [-0.05, 0) is 45.0 Å². The van der Waals surface area contributed by atoms with Crippen LogP contribution in [0, 0.1) is 11.5 Å². The molecule has 0 bridgehead atoms. The summed E-state index contributed by atoms with van der Waals surface area (Å²) >= 11 is 0. The van der Waals surface area contributed by atoms with Crippen LogP contribution >= 0.6 is 0 Å². The summed E-state index contributed by atoms with van der Waals surface area (Å²) in [7, 11) is -3.32. The normalized spacial score (nSPS) is 16.9. The summed E-state index contributed by atoms with van der Waals surface area (Å²) in [5.41, 5.74) is 0.720. The lowest BCUT2D eigenvalue weighted by Gasteiger charge is -2.31. The smallest absolute Gasteiger partial charge is 0.207 e. The second-order valence-electron chi connectivity index (χ2n) is 5.62. The molecule has 1 heterocycles. The number of amidine groups is 1. The molecule has 1 N–H and O–H groups in total. The van der Waals surface area contributed by atoms with Crippen molar-refractivity contribution < 1.29 is 13.2 Å². The quantitative estimate of drug-likeness (QED) is 0.512. The van der Waals surface area contributed by atoms with Crippen LogP contribution in [0.25, 0.3) is 5.70 Å². The summed E-state index contributed by atoms with van der Waals surface area (Å²) in [6.07, 6.45) is 4.69. The minimum atomic E-state index is -3.32. The standard InChI is InChI=1S/C15H17N3O3S/c1-10(17-9-16)18-13-8-15(2,3)21-14-6-5-11(7-12(13)14)22(4,19)20/h5-8H,1-4H3,(H,17,18). The van der Waals surface area contributed by atoms with E-state index in [9.17, 15) is 8.42 Å². The van der Waals surface area contributed by atoms with Gasteiger partial charge in [0.2, 0.25) is 6.19 Å². The maximum atomic E-state index is 11.7. The molecule has 0 aliphatic carbocycles. The third-order valence-electron chi connectivity index (χ3n) is 3.07. The van der Waals surface area contributed by atoms with Crippen molar-refractivity contribution >= 4 is 21.4 Å². The fourth-order valence-corrected chi connectivity index (χ4v) is 2.83. The largest absolute Gasteiger partial charge is 0.483 e. The van der Waals surface area contributed by atoms with Crippen LogP contribution in [0.15, 0.2) is 34.2 Å². The topological polar surface area (TPSA) is 91.5 Å². The number of ether oxygens (including phenoxy) is 1. The Morgan fingerprint density at radius 3 is 2.68 bits per heavy atom. The van der Waals surface area contributed by atoms with Crippen LogP contribution in [0.4, 0.5) is 0 Å². The van der Waals surface area contributed by atoms with Crippen LogP contribution in [-0.2, 0) is 9.84 Å². The molecular formula is C15H17N3O3S. The average Bonchev–Trinajstić information content (AvgIpc) is 2.36. The fraction of sp³-hybridized carbons (Fsp3) is 0.333. The number of nitriles is 1. The van der Waals surface area contributed by atoms with Crippen molar-refractivity contribution in [2.75, 3.05) is 6.26 Å². The Bertz CT molecular complexity index is 815. The summed E-state index contributed by atoms with van der Waals surface area (Å²) in [5.74, 6) is 0.995. The molecule has 1 aliphatic heterocycles. The lowest BCUT2D eigenvalue weighted by Crippen LogP contribution is -2.33. The van der Waals surface area contributed by atoms with Crippen molar-refractivity contribution in [3.8, 4) is 11.9 Å². The monoisotopic (exact) mass is 319 g/mol. The molecule has 0 aromatic heterocycles. The molecule has 0 unspecified atom stereocenters. The number of nitrogens with one attached hydrogen (secondary N) is 1. The summed E-state index contributed by atoms with van der Waals surface area (Å²) in [6, 6.07) is 4.71. The number of hydrogen-bond acceptors (Lipinski definition) is 5. The lowest BCUT2D eigenvalue weighted by molar-refractivity contribution is 0.157. The molecule has 1 aromatic carbocycles. The molecule has 0 atom stereocenters. The molecule has 0 radical (unpaired) electrons. The Hall–Kier alpha value is -2.33. The number of sulfone groups is 1. The number of rotatable bonds is 2. The molecule has 0 fully saturated rings. The van der Waals surface area contributed by atoms with Gasteiger partial charge in [-0.15, -0.1) is 0 Å². The average molecular weight is 319 g/mol. The van der Waals surface area contributed by atoms with Crippen LogP contribution in [-0.4, -0.2) is 26.1 Å². The van der Waals surface area contributed by atoms with Crippen LogP contribution in [0.1, 0.15) is 26.3 Å². The Labute approximate surface area is 130 Å². The summed E-state index contributed by atoms with van der Waals surface area (Å²) < 4.78 is 29.3. The minimum Gasteiger partial charge on any atom is -0.483 e. The van der Waals surface area contributed by atoms with Gasteiger partial charge < -0.3 is 10.1 Å². The summed E-state index contributed by atoms with van der Waals surface area (Å²) in [6.45, 7) is 5.43. The Morgan fingerprint density at radius 1 is 1.41 bits per heavy atom. The lowest BCUT2D eigenvalue weighted by atomic mass is 9.99. The highest BCUT2D eigenvalue weighted by Gasteiger charge is 2.27. The number of hydrogen-bond donors (Lipinski definition) is 1. The zero-order valence-electron chi connectivity index (χ0n) is 12.8. The van der Waals surface area contributed by atoms with Gasteiger partial charge in [0.15, 0.2) is 9.84 Å². The van der Waals surface area contributed by atoms with E-state index >= 15 is 0 Å². The van der Waals surface area contributed by atoms with E-state index in [4.69, 9.17) is 10.00 Å². The Kier molecular flexibility index (Phi) is 3.98. The van der Waals surface area contributed by atoms with E-state index in [-0.39, 0.29) is 4.90 Å². The SMILES string of the molecule is C/C(=N\C#N)NC1=CC(C)(C)Oc2ccc(S(C)(=O)=O)cc21. The van der Waals surface area contributed by atoms with Gasteiger partial charge in [-0.25, -0.2) is 8.42 Å². The predicted molar refractivity (Wildman–Crippen MR) is 84.1 cm³/mol. The first kappa shape index (κ1) is 16.0.